The van der Waals surface area contributed by atoms with Gasteiger partial charge in [-0.15, -0.1) is 0 Å². The molecular formula is C21H38N4O7. The summed E-state index contributed by atoms with van der Waals surface area (Å²) >= 11 is 0. The van der Waals surface area contributed by atoms with Crippen LogP contribution in [0.1, 0.15) is 60.8 Å². The molecule has 11 heteroatoms. The molecule has 0 saturated carbocycles. The van der Waals surface area contributed by atoms with Crippen LogP contribution in [-0.2, 0) is 24.0 Å². The number of nitrogens with two attached hydrogens (primary N) is 1. The molecule has 0 rings (SSSR count). The van der Waals surface area contributed by atoms with Crippen LogP contribution in [-0.4, -0.2) is 64.0 Å². The molecule has 3 amide bonds. The second kappa shape index (κ2) is 13.7. The molecule has 0 radical (unpaired) electrons. The standard InChI is InChI=1S/C21H38N4O7/c1-10(2)7-13(22)18(28)23-15(9-16(26)27)19(29)24-14(8-11(3)4)20(30)25-17(12(5)6)21(31)32/h10-15,17H,7-9,22H2,1-6H3,(H,23,28)(H,24,29)(H,25,30)(H,26,27)(H,31,32). The SMILES string of the molecule is CC(C)CC(N)C(=O)NC(CC(=O)O)C(=O)NC(CC(C)C)C(=O)NC(C(=O)O)C(C)C. The molecule has 0 aliphatic heterocycles. The van der Waals surface area contributed by atoms with Crippen LogP contribution in [0.2, 0.25) is 0 Å². The summed E-state index contributed by atoms with van der Waals surface area (Å²) in [5.74, 6) is -5.09. The van der Waals surface area contributed by atoms with Gasteiger partial charge in [-0.3, -0.25) is 19.2 Å². The topological polar surface area (TPSA) is 188 Å². The van der Waals surface area contributed by atoms with Crippen molar-refractivity contribution in [1.82, 2.24) is 16.0 Å². The molecule has 0 aromatic carbocycles. The Hall–Kier alpha value is -2.69. The number of carbonyl (C=O) groups excluding carboxylic acids is 3. The van der Waals surface area contributed by atoms with Crippen LogP contribution in [0.25, 0.3) is 0 Å². The lowest BCUT2D eigenvalue weighted by atomic mass is 10.00. The van der Waals surface area contributed by atoms with Crippen molar-refractivity contribution in [3.8, 4) is 0 Å². The second-order valence-electron chi connectivity index (χ2n) is 9.15. The van der Waals surface area contributed by atoms with Gasteiger partial charge in [0.1, 0.15) is 18.1 Å². The van der Waals surface area contributed by atoms with Crippen LogP contribution in [0.5, 0.6) is 0 Å². The lowest BCUT2D eigenvalue weighted by Crippen LogP contribution is -2.58. The molecule has 0 bridgehead atoms. The molecule has 4 atom stereocenters. The van der Waals surface area contributed by atoms with Crippen LogP contribution < -0.4 is 21.7 Å². The summed E-state index contributed by atoms with van der Waals surface area (Å²) in [7, 11) is 0. The van der Waals surface area contributed by atoms with Gasteiger partial charge in [0, 0.05) is 0 Å². The Morgan fingerprint density at radius 1 is 0.719 bits per heavy atom. The lowest BCUT2D eigenvalue weighted by Gasteiger charge is -2.26. The van der Waals surface area contributed by atoms with Crippen molar-refractivity contribution in [3.05, 3.63) is 0 Å². The fourth-order valence-electron chi connectivity index (χ4n) is 3.02. The molecule has 0 heterocycles. The second-order valence-corrected chi connectivity index (χ2v) is 9.15. The highest BCUT2D eigenvalue weighted by molar-refractivity contribution is 5.95. The molecule has 0 aliphatic carbocycles. The smallest absolute Gasteiger partial charge is 0.326 e. The quantitative estimate of drug-likeness (QED) is 0.211. The van der Waals surface area contributed by atoms with Crippen LogP contribution in [0, 0.1) is 17.8 Å². The van der Waals surface area contributed by atoms with Crippen molar-refractivity contribution in [2.45, 2.75) is 85.0 Å². The molecule has 0 aromatic heterocycles. The van der Waals surface area contributed by atoms with Crippen molar-refractivity contribution in [2.75, 3.05) is 0 Å². The lowest BCUT2D eigenvalue weighted by molar-refractivity contribution is -0.144. The molecule has 0 spiro atoms. The highest BCUT2D eigenvalue weighted by Gasteiger charge is 2.32. The van der Waals surface area contributed by atoms with Crippen molar-refractivity contribution in [1.29, 1.82) is 0 Å². The molecule has 32 heavy (non-hydrogen) atoms. The van der Waals surface area contributed by atoms with E-state index in [1.165, 1.54) is 0 Å². The minimum absolute atomic E-state index is 0.0413. The maximum atomic E-state index is 12.8. The molecule has 0 fully saturated rings. The van der Waals surface area contributed by atoms with Crippen LogP contribution in [0.3, 0.4) is 0 Å². The Labute approximate surface area is 188 Å². The number of hydrogen-bond acceptors (Lipinski definition) is 6. The van der Waals surface area contributed by atoms with Gasteiger partial charge in [0.15, 0.2) is 0 Å². The summed E-state index contributed by atoms with van der Waals surface area (Å²) in [6.45, 7) is 10.6. The predicted octanol–water partition coefficient (Wildman–Crippen LogP) is 0.0756. The van der Waals surface area contributed by atoms with Gasteiger partial charge in [-0.2, -0.15) is 0 Å². The summed E-state index contributed by atoms with van der Waals surface area (Å²) in [4.78, 5) is 60.5. The maximum absolute atomic E-state index is 12.8. The van der Waals surface area contributed by atoms with Gasteiger partial charge in [-0.1, -0.05) is 41.5 Å². The van der Waals surface area contributed by atoms with Crippen molar-refractivity contribution < 1.29 is 34.2 Å². The molecule has 0 aliphatic rings. The average Bonchev–Trinajstić information content (AvgIpc) is 2.62. The first kappa shape index (κ1) is 29.3. The highest BCUT2D eigenvalue weighted by Crippen LogP contribution is 2.09. The van der Waals surface area contributed by atoms with Crippen LogP contribution in [0.4, 0.5) is 0 Å². The van der Waals surface area contributed by atoms with Gasteiger partial charge in [0.05, 0.1) is 12.5 Å². The van der Waals surface area contributed by atoms with E-state index in [1.807, 2.05) is 27.7 Å². The van der Waals surface area contributed by atoms with E-state index < -0.39 is 66.2 Å². The van der Waals surface area contributed by atoms with E-state index in [4.69, 9.17) is 10.8 Å². The highest BCUT2D eigenvalue weighted by atomic mass is 16.4. The van der Waals surface area contributed by atoms with Crippen molar-refractivity contribution in [3.63, 3.8) is 0 Å². The van der Waals surface area contributed by atoms with Crippen molar-refractivity contribution in [2.24, 2.45) is 23.5 Å². The van der Waals surface area contributed by atoms with Gasteiger partial charge in [0.2, 0.25) is 17.7 Å². The fourth-order valence-corrected chi connectivity index (χ4v) is 3.02. The Kier molecular flexibility index (Phi) is 12.5. The van der Waals surface area contributed by atoms with Crippen LogP contribution in [0.15, 0.2) is 0 Å². The minimum atomic E-state index is -1.44. The molecule has 11 nitrogen and oxygen atoms in total. The normalized spacial score (nSPS) is 15.1. The zero-order chi connectivity index (χ0) is 25.2. The average molecular weight is 459 g/mol. The molecule has 0 aromatic rings. The maximum Gasteiger partial charge on any atom is 0.326 e. The first-order valence-electron chi connectivity index (χ1n) is 10.8. The van der Waals surface area contributed by atoms with Gasteiger partial charge in [-0.25, -0.2) is 4.79 Å². The Morgan fingerprint density at radius 2 is 1.19 bits per heavy atom. The van der Waals surface area contributed by atoms with E-state index >= 15 is 0 Å². The van der Waals surface area contributed by atoms with E-state index in [0.29, 0.717) is 6.42 Å². The summed E-state index contributed by atoms with van der Waals surface area (Å²) < 4.78 is 0. The number of rotatable bonds is 14. The van der Waals surface area contributed by atoms with E-state index in [0.717, 1.165) is 0 Å². The zero-order valence-electron chi connectivity index (χ0n) is 19.7. The van der Waals surface area contributed by atoms with E-state index in [1.54, 1.807) is 13.8 Å². The van der Waals surface area contributed by atoms with E-state index in [9.17, 15) is 29.1 Å². The third-order valence-electron chi connectivity index (χ3n) is 4.64. The zero-order valence-corrected chi connectivity index (χ0v) is 19.7. The predicted molar refractivity (Wildman–Crippen MR) is 117 cm³/mol. The minimum Gasteiger partial charge on any atom is -0.481 e. The number of carboxylic acids is 2. The fraction of sp³-hybridized carbons (Fsp3) is 0.762. The third-order valence-corrected chi connectivity index (χ3v) is 4.64. The summed E-state index contributed by atoms with van der Waals surface area (Å²) in [6.07, 6.45) is -0.175. The van der Waals surface area contributed by atoms with Crippen molar-refractivity contribution >= 4 is 29.7 Å². The molecule has 0 saturated heterocycles. The first-order chi connectivity index (χ1) is 14.6. The molecule has 184 valence electrons. The largest absolute Gasteiger partial charge is 0.481 e. The third kappa shape index (κ3) is 11.1. The van der Waals surface area contributed by atoms with Gasteiger partial charge >= 0.3 is 11.9 Å². The molecular weight excluding hydrogens is 420 g/mol. The van der Waals surface area contributed by atoms with E-state index in [2.05, 4.69) is 16.0 Å². The number of hydrogen-bond donors (Lipinski definition) is 6. The van der Waals surface area contributed by atoms with Gasteiger partial charge < -0.3 is 31.9 Å². The number of amides is 3. The number of nitrogens with one attached hydrogen (secondary N) is 3. The summed E-state index contributed by atoms with van der Waals surface area (Å²) in [6, 6.07) is -4.63. The van der Waals surface area contributed by atoms with Crippen LogP contribution >= 0.6 is 0 Å². The van der Waals surface area contributed by atoms with Gasteiger partial charge in [-0.05, 0) is 30.6 Å². The Morgan fingerprint density at radius 3 is 1.59 bits per heavy atom. The summed E-state index contributed by atoms with van der Waals surface area (Å²) in [5.41, 5.74) is 5.81. The molecule has 4 unspecified atom stereocenters. The first-order valence-corrected chi connectivity index (χ1v) is 10.8. The monoisotopic (exact) mass is 458 g/mol. The Balaban J connectivity index is 5.51. The Bertz CT molecular complexity index is 679. The number of carboxylic acid groups (broad SMARTS) is 2. The number of aliphatic carboxylic acids is 2. The van der Waals surface area contributed by atoms with Gasteiger partial charge in [0.25, 0.3) is 0 Å². The molecule has 7 N–H and O–H groups in total. The van der Waals surface area contributed by atoms with E-state index in [-0.39, 0.29) is 18.3 Å². The number of carbonyl (C=O) groups is 5. The summed E-state index contributed by atoms with van der Waals surface area (Å²) in [5, 5.41) is 25.7.